The number of nitrogens with two attached hydrogens (primary N) is 2. The summed E-state index contributed by atoms with van der Waals surface area (Å²) < 4.78 is 0. The van der Waals surface area contributed by atoms with Crippen molar-refractivity contribution in [2.24, 2.45) is 11.5 Å². The van der Waals surface area contributed by atoms with E-state index in [1.54, 1.807) is 0 Å². The Balaban J connectivity index is 2.53. The Kier molecular flexibility index (Phi) is 5.58. The third-order valence-corrected chi connectivity index (χ3v) is 2.83. The summed E-state index contributed by atoms with van der Waals surface area (Å²) in [4.78, 5) is 11.0. The fourth-order valence-electron chi connectivity index (χ4n) is 1.67. The van der Waals surface area contributed by atoms with Crippen molar-refractivity contribution in [3.8, 4) is 0 Å². The van der Waals surface area contributed by atoms with Gasteiger partial charge in [0.2, 0.25) is 5.91 Å². The Labute approximate surface area is 113 Å². The molecule has 0 spiro atoms. The van der Waals surface area contributed by atoms with Crippen LogP contribution in [0.3, 0.4) is 0 Å². The van der Waals surface area contributed by atoms with Crippen LogP contribution in [0.25, 0.3) is 0 Å². The first kappa shape index (κ1) is 14.4. The number of thiocarbonyl (C=S) groups is 1. The van der Waals surface area contributed by atoms with Crippen LogP contribution in [0.2, 0.25) is 0 Å². The molecule has 0 atom stereocenters. The molecule has 1 aromatic carbocycles. The first-order chi connectivity index (χ1) is 8.50. The zero-order valence-corrected chi connectivity index (χ0v) is 11.3. The maximum Gasteiger partial charge on any atom is 0.217 e. The second kappa shape index (κ2) is 6.96. The summed E-state index contributed by atoms with van der Waals surface area (Å²) in [6, 6.07) is 5.92. The molecule has 1 amide bonds. The molecule has 0 aliphatic carbocycles. The first-order valence-corrected chi connectivity index (χ1v) is 6.34. The standard InChI is InChI=1S/C13H19N3OS/c1-9-5-6-10(13(15)18)11(8-9)16-7-3-2-4-12(14)17/h5-6,8,16H,2-4,7H2,1H3,(H2,14,17)(H2,15,18). The number of benzene rings is 1. The van der Waals surface area contributed by atoms with E-state index in [1.807, 2.05) is 25.1 Å². The van der Waals surface area contributed by atoms with Crippen LogP contribution in [-0.4, -0.2) is 17.4 Å². The topological polar surface area (TPSA) is 81.1 Å². The van der Waals surface area contributed by atoms with Gasteiger partial charge in [0.05, 0.1) is 0 Å². The molecular weight excluding hydrogens is 246 g/mol. The first-order valence-electron chi connectivity index (χ1n) is 5.93. The molecule has 0 aliphatic heterocycles. The van der Waals surface area contributed by atoms with Gasteiger partial charge in [-0.05, 0) is 37.5 Å². The molecule has 18 heavy (non-hydrogen) atoms. The van der Waals surface area contributed by atoms with E-state index in [-0.39, 0.29) is 5.91 Å². The number of rotatable bonds is 7. The Morgan fingerprint density at radius 2 is 2.06 bits per heavy atom. The number of primary amides is 1. The molecule has 0 saturated heterocycles. The smallest absolute Gasteiger partial charge is 0.217 e. The van der Waals surface area contributed by atoms with Crippen molar-refractivity contribution in [3.05, 3.63) is 29.3 Å². The maximum absolute atomic E-state index is 10.6. The molecule has 0 fully saturated rings. The van der Waals surface area contributed by atoms with Gasteiger partial charge in [0.1, 0.15) is 4.99 Å². The summed E-state index contributed by atoms with van der Waals surface area (Å²) >= 11 is 5.01. The number of unbranched alkanes of at least 4 members (excludes halogenated alkanes) is 1. The van der Waals surface area contributed by atoms with Crippen molar-refractivity contribution in [1.82, 2.24) is 0 Å². The van der Waals surface area contributed by atoms with Crippen molar-refractivity contribution in [1.29, 1.82) is 0 Å². The average Bonchev–Trinajstić information content (AvgIpc) is 2.27. The summed E-state index contributed by atoms with van der Waals surface area (Å²) in [6.07, 6.45) is 2.10. The van der Waals surface area contributed by atoms with Crippen LogP contribution in [0.1, 0.15) is 30.4 Å². The highest BCUT2D eigenvalue weighted by molar-refractivity contribution is 7.80. The van der Waals surface area contributed by atoms with E-state index in [4.69, 9.17) is 23.7 Å². The van der Waals surface area contributed by atoms with Crippen LogP contribution >= 0.6 is 12.2 Å². The van der Waals surface area contributed by atoms with Gasteiger partial charge in [-0.1, -0.05) is 18.3 Å². The molecular formula is C13H19N3OS. The lowest BCUT2D eigenvalue weighted by Crippen LogP contribution is -2.14. The van der Waals surface area contributed by atoms with Crippen molar-refractivity contribution in [2.45, 2.75) is 26.2 Å². The zero-order chi connectivity index (χ0) is 13.5. The summed E-state index contributed by atoms with van der Waals surface area (Å²) in [5, 5.41) is 3.29. The minimum atomic E-state index is -0.255. The van der Waals surface area contributed by atoms with Crippen LogP contribution in [-0.2, 0) is 4.79 Å². The lowest BCUT2D eigenvalue weighted by Gasteiger charge is -2.12. The van der Waals surface area contributed by atoms with E-state index in [9.17, 15) is 4.79 Å². The minimum Gasteiger partial charge on any atom is -0.389 e. The number of aryl methyl sites for hydroxylation is 1. The zero-order valence-electron chi connectivity index (χ0n) is 10.5. The van der Waals surface area contributed by atoms with Crippen LogP contribution in [0.15, 0.2) is 18.2 Å². The Morgan fingerprint density at radius 3 is 2.67 bits per heavy atom. The van der Waals surface area contributed by atoms with Gasteiger partial charge in [-0.15, -0.1) is 0 Å². The summed E-state index contributed by atoms with van der Waals surface area (Å²) in [5.74, 6) is -0.255. The molecule has 0 unspecified atom stereocenters. The van der Waals surface area contributed by atoms with Crippen molar-refractivity contribution in [2.75, 3.05) is 11.9 Å². The van der Waals surface area contributed by atoms with E-state index in [0.29, 0.717) is 11.4 Å². The molecule has 0 heterocycles. The Morgan fingerprint density at radius 1 is 1.33 bits per heavy atom. The van der Waals surface area contributed by atoms with Crippen molar-refractivity contribution < 1.29 is 4.79 Å². The van der Waals surface area contributed by atoms with Crippen molar-refractivity contribution in [3.63, 3.8) is 0 Å². The second-order valence-electron chi connectivity index (χ2n) is 4.26. The molecule has 1 aromatic rings. The molecule has 5 N–H and O–H groups in total. The minimum absolute atomic E-state index is 0.255. The van der Waals surface area contributed by atoms with Gasteiger partial charge in [0.15, 0.2) is 0 Å². The van der Waals surface area contributed by atoms with Gasteiger partial charge in [-0.2, -0.15) is 0 Å². The molecule has 0 aliphatic rings. The lowest BCUT2D eigenvalue weighted by molar-refractivity contribution is -0.118. The monoisotopic (exact) mass is 265 g/mol. The number of amides is 1. The third-order valence-electron chi connectivity index (χ3n) is 2.61. The van der Waals surface area contributed by atoms with Gasteiger partial charge >= 0.3 is 0 Å². The summed E-state index contributed by atoms with van der Waals surface area (Å²) in [5.41, 5.74) is 13.7. The highest BCUT2D eigenvalue weighted by Crippen LogP contribution is 2.17. The third kappa shape index (κ3) is 4.71. The Bertz CT molecular complexity index is 446. The molecule has 0 bridgehead atoms. The summed E-state index contributed by atoms with van der Waals surface area (Å²) in [6.45, 7) is 2.79. The summed E-state index contributed by atoms with van der Waals surface area (Å²) in [7, 11) is 0. The van der Waals surface area contributed by atoms with E-state index in [0.717, 1.165) is 36.2 Å². The van der Waals surface area contributed by atoms with Crippen LogP contribution < -0.4 is 16.8 Å². The normalized spacial score (nSPS) is 10.1. The fraction of sp³-hybridized carbons (Fsp3) is 0.385. The van der Waals surface area contributed by atoms with Gasteiger partial charge in [-0.25, -0.2) is 0 Å². The van der Waals surface area contributed by atoms with E-state index in [2.05, 4.69) is 5.32 Å². The molecule has 4 nitrogen and oxygen atoms in total. The molecule has 0 saturated carbocycles. The molecule has 1 rings (SSSR count). The highest BCUT2D eigenvalue weighted by atomic mass is 32.1. The highest BCUT2D eigenvalue weighted by Gasteiger charge is 2.04. The SMILES string of the molecule is Cc1ccc(C(N)=S)c(NCCCCC(N)=O)c1. The van der Waals surface area contributed by atoms with Gasteiger partial charge < -0.3 is 16.8 Å². The molecule has 98 valence electrons. The quantitative estimate of drug-likeness (QED) is 0.518. The fourth-order valence-corrected chi connectivity index (χ4v) is 1.84. The lowest BCUT2D eigenvalue weighted by atomic mass is 10.1. The second-order valence-corrected chi connectivity index (χ2v) is 4.70. The predicted octanol–water partition coefficient (Wildman–Crippen LogP) is 1.70. The number of hydrogen-bond donors (Lipinski definition) is 3. The van der Waals surface area contributed by atoms with Crippen LogP contribution in [0, 0.1) is 6.92 Å². The molecule has 0 radical (unpaired) electrons. The van der Waals surface area contributed by atoms with Gasteiger partial charge in [0, 0.05) is 24.2 Å². The number of hydrogen-bond acceptors (Lipinski definition) is 3. The number of nitrogens with one attached hydrogen (secondary N) is 1. The van der Waals surface area contributed by atoms with Crippen molar-refractivity contribution >= 4 is 28.8 Å². The van der Waals surface area contributed by atoms with E-state index in [1.165, 1.54) is 0 Å². The average molecular weight is 265 g/mol. The largest absolute Gasteiger partial charge is 0.389 e. The van der Waals surface area contributed by atoms with Gasteiger partial charge in [-0.3, -0.25) is 4.79 Å². The van der Waals surface area contributed by atoms with E-state index >= 15 is 0 Å². The Hall–Kier alpha value is -1.62. The molecule has 5 heteroatoms. The predicted molar refractivity (Wildman–Crippen MR) is 78.6 cm³/mol. The number of carbonyl (C=O) groups is 1. The number of carbonyl (C=O) groups excluding carboxylic acids is 1. The number of anilines is 1. The van der Waals surface area contributed by atoms with Gasteiger partial charge in [0.25, 0.3) is 0 Å². The van der Waals surface area contributed by atoms with E-state index < -0.39 is 0 Å². The van der Waals surface area contributed by atoms with Crippen LogP contribution in [0.5, 0.6) is 0 Å². The molecule has 0 aromatic heterocycles. The van der Waals surface area contributed by atoms with Crippen LogP contribution in [0.4, 0.5) is 5.69 Å². The maximum atomic E-state index is 10.6.